The van der Waals surface area contributed by atoms with Gasteiger partial charge in [0.25, 0.3) is 0 Å². The molecule has 0 aliphatic rings. The number of carboxylic acid groups (broad SMARTS) is 1. The topological polar surface area (TPSA) is 83.9 Å². The quantitative estimate of drug-likeness (QED) is 0.474. The number of aryl methyl sites for hydroxylation is 2. The highest BCUT2D eigenvalue weighted by Crippen LogP contribution is 2.34. The van der Waals surface area contributed by atoms with Crippen molar-refractivity contribution in [3.05, 3.63) is 94.0 Å². The number of hydrogen-bond donors (Lipinski definition) is 1. The van der Waals surface area contributed by atoms with E-state index in [0.717, 1.165) is 15.4 Å². The van der Waals surface area contributed by atoms with Crippen LogP contribution in [-0.2, 0) is 27.8 Å². The van der Waals surface area contributed by atoms with E-state index in [1.807, 2.05) is 49.4 Å². The Morgan fingerprint density at radius 1 is 0.941 bits per heavy atom. The van der Waals surface area contributed by atoms with Crippen molar-refractivity contribution < 1.29 is 23.1 Å². The van der Waals surface area contributed by atoms with E-state index in [-0.39, 0.29) is 17.9 Å². The summed E-state index contributed by atoms with van der Waals surface area (Å²) in [5.41, 5.74) is 4.27. The van der Waals surface area contributed by atoms with Gasteiger partial charge in [-0.05, 0) is 68.0 Å². The Morgan fingerprint density at radius 3 is 2.12 bits per heavy atom. The average molecular weight is 482 g/mol. The Morgan fingerprint density at radius 2 is 1.56 bits per heavy atom. The molecule has 7 heteroatoms. The van der Waals surface area contributed by atoms with Gasteiger partial charge in [-0.2, -0.15) is 4.31 Å². The van der Waals surface area contributed by atoms with Crippen LogP contribution < -0.4 is 4.74 Å². The van der Waals surface area contributed by atoms with Crippen LogP contribution in [0.1, 0.15) is 33.4 Å². The van der Waals surface area contributed by atoms with Crippen molar-refractivity contribution in [3.63, 3.8) is 0 Å². The molecule has 6 nitrogen and oxygen atoms in total. The molecule has 0 aromatic heterocycles. The van der Waals surface area contributed by atoms with Crippen LogP contribution in [0.4, 0.5) is 0 Å². The van der Waals surface area contributed by atoms with Gasteiger partial charge in [0.15, 0.2) is 0 Å². The highest BCUT2D eigenvalue weighted by molar-refractivity contribution is 7.89. The van der Waals surface area contributed by atoms with Gasteiger partial charge in [-0.15, -0.1) is 0 Å². The molecule has 1 atom stereocenters. The van der Waals surface area contributed by atoms with Gasteiger partial charge < -0.3 is 9.84 Å². The molecule has 0 saturated carbocycles. The van der Waals surface area contributed by atoms with Gasteiger partial charge in [-0.1, -0.05) is 60.2 Å². The van der Waals surface area contributed by atoms with Crippen molar-refractivity contribution in [1.82, 2.24) is 4.31 Å². The molecule has 0 radical (unpaired) electrons. The number of carbonyl (C=O) groups is 1. The average Bonchev–Trinajstić information content (AvgIpc) is 2.80. The molecule has 0 unspecified atom stereocenters. The van der Waals surface area contributed by atoms with Crippen LogP contribution in [-0.4, -0.2) is 37.0 Å². The third kappa shape index (κ3) is 5.32. The maximum atomic E-state index is 14.2. The summed E-state index contributed by atoms with van der Waals surface area (Å²) in [5.74, 6) is -0.599. The molecule has 3 aromatic carbocycles. The molecule has 1 N–H and O–H groups in total. The third-order valence-corrected chi connectivity index (χ3v) is 8.27. The number of aliphatic carboxylic acids is 1. The number of benzene rings is 3. The summed E-state index contributed by atoms with van der Waals surface area (Å²) >= 11 is 0. The van der Waals surface area contributed by atoms with Gasteiger partial charge in [0, 0.05) is 6.54 Å². The molecule has 0 spiro atoms. The number of sulfonamides is 1. The first-order valence-electron chi connectivity index (χ1n) is 11.0. The summed E-state index contributed by atoms with van der Waals surface area (Å²) in [7, 11) is -2.64. The van der Waals surface area contributed by atoms with Gasteiger partial charge in [-0.25, -0.2) is 8.42 Å². The number of carboxylic acids is 1. The predicted octanol–water partition coefficient (Wildman–Crippen LogP) is 4.82. The smallest absolute Gasteiger partial charge is 0.322 e. The Balaban J connectivity index is 2.18. The maximum Gasteiger partial charge on any atom is 0.322 e. The van der Waals surface area contributed by atoms with Crippen molar-refractivity contribution in [2.75, 3.05) is 7.11 Å². The van der Waals surface area contributed by atoms with Crippen molar-refractivity contribution in [1.29, 1.82) is 0 Å². The van der Waals surface area contributed by atoms with Crippen molar-refractivity contribution in [2.45, 2.75) is 51.6 Å². The summed E-state index contributed by atoms with van der Waals surface area (Å²) in [6.07, 6.45) is 0.0501. The summed E-state index contributed by atoms with van der Waals surface area (Å²) in [4.78, 5) is 12.6. The number of methoxy groups -OCH3 is 1. The Hall–Kier alpha value is -3.16. The van der Waals surface area contributed by atoms with E-state index in [1.54, 1.807) is 46.1 Å². The fourth-order valence-corrected chi connectivity index (χ4v) is 6.19. The van der Waals surface area contributed by atoms with Crippen LogP contribution in [0.25, 0.3) is 0 Å². The number of ether oxygens (including phenoxy) is 1. The molecule has 3 aromatic rings. The van der Waals surface area contributed by atoms with Gasteiger partial charge >= 0.3 is 5.97 Å². The highest BCUT2D eigenvalue weighted by Gasteiger charge is 2.38. The first-order valence-corrected chi connectivity index (χ1v) is 12.5. The Labute approximate surface area is 201 Å². The monoisotopic (exact) mass is 481 g/mol. The lowest BCUT2D eigenvalue weighted by molar-refractivity contribution is -0.141. The fraction of sp³-hybridized carbons (Fsp3) is 0.296. The van der Waals surface area contributed by atoms with E-state index in [4.69, 9.17) is 4.74 Å². The molecular formula is C27H31NO5S. The largest absolute Gasteiger partial charge is 0.496 e. The normalized spacial score (nSPS) is 12.5. The minimum atomic E-state index is -4.19. The molecular weight excluding hydrogens is 450 g/mol. The second-order valence-electron chi connectivity index (χ2n) is 8.55. The van der Waals surface area contributed by atoms with Crippen LogP contribution >= 0.6 is 0 Å². The van der Waals surface area contributed by atoms with Crippen molar-refractivity contribution in [2.24, 2.45) is 0 Å². The molecule has 3 rings (SSSR count). The molecule has 180 valence electrons. The zero-order valence-corrected chi connectivity index (χ0v) is 21.0. The minimum Gasteiger partial charge on any atom is -0.496 e. The summed E-state index contributed by atoms with van der Waals surface area (Å²) in [5, 5.41) is 10.2. The van der Waals surface area contributed by atoms with Crippen LogP contribution in [0.3, 0.4) is 0 Å². The standard InChI is InChI=1S/C27H31NO5S/c1-18-11-13-23(14-12-18)17-28(24(27(29)30)16-22-9-7-6-8-10-22)34(31,32)26-19(2)15-25(33-5)20(3)21(26)4/h6-15,24H,16-17H2,1-5H3,(H,29,30)/t24-/m0/s1. The molecule has 0 saturated heterocycles. The van der Waals surface area contributed by atoms with E-state index in [0.29, 0.717) is 28.0 Å². The van der Waals surface area contributed by atoms with Crippen molar-refractivity contribution >= 4 is 16.0 Å². The zero-order valence-electron chi connectivity index (χ0n) is 20.2. The SMILES string of the molecule is COc1cc(C)c(S(=O)(=O)N(Cc2ccc(C)cc2)[C@@H](Cc2ccccc2)C(=O)O)c(C)c1C. The number of nitrogens with zero attached hydrogens (tertiary/aromatic N) is 1. The van der Waals surface area contributed by atoms with E-state index >= 15 is 0 Å². The van der Waals surface area contributed by atoms with Gasteiger partial charge in [0.2, 0.25) is 10.0 Å². The van der Waals surface area contributed by atoms with Gasteiger partial charge in [0.05, 0.1) is 12.0 Å². The predicted molar refractivity (Wildman–Crippen MR) is 133 cm³/mol. The molecule has 0 aliphatic heterocycles. The second-order valence-corrected chi connectivity index (χ2v) is 10.4. The molecule has 0 heterocycles. The van der Waals surface area contributed by atoms with E-state index in [9.17, 15) is 18.3 Å². The zero-order chi connectivity index (χ0) is 25.0. The molecule has 0 bridgehead atoms. The first-order chi connectivity index (χ1) is 16.1. The molecule has 34 heavy (non-hydrogen) atoms. The summed E-state index contributed by atoms with van der Waals surface area (Å²) in [6, 6.07) is 16.9. The Kier molecular flexibility index (Phi) is 7.79. The van der Waals surface area contributed by atoms with E-state index in [1.165, 1.54) is 0 Å². The van der Waals surface area contributed by atoms with Gasteiger partial charge in [0.1, 0.15) is 11.8 Å². The van der Waals surface area contributed by atoms with Crippen LogP contribution in [0.15, 0.2) is 65.6 Å². The second kappa shape index (κ2) is 10.4. The Bertz CT molecular complexity index is 1270. The van der Waals surface area contributed by atoms with E-state index in [2.05, 4.69) is 0 Å². The lowest BCUT2D eigenvalue weighted by Gasteiger charge is -2.30. The highest BCUT2D eigenvalue weighted by atomic mass is 32.2. The first kappa shape index (κ1) is 25.5. The summed E-state index contributed by atoms with van der Waals surface area (Å²) in [6.45, 7) is 7.13. The van der Waals surface area contributed by atoms with Crippen LogP contribution in [0.2, 0.25) is 0 Å². The van der Waals surface area contributed by atoms with Crippen LogP contribution in [0.5, 0.6) is 5.75 Å². The fourth-order valence-electron chi connectivity index (χ4n) is 4.13. The molecule has 0 amide bonds. The lowest BCUT2D eigenvalue weighted by Crippen LogP contribution is -2.46. The number of rotatable bonds is 9. The maximum absolute atomic E-state index is 14.2. The third-order valence-electron chi connectivity index (χ3n) is 6.13. The minimum absolute atomic E-state index is 0.0501. The summed E-state index contributed by atoms with van der Waals surface area (Å²) < 4.78 is 34.8. The number of hydrogen-bond acceptors (Lipinski definition) is 4. The van der Waals surface area contributed by atoms with Gasteiger partial charge in [-0.3, -0.25) is 4.79 Å². The lowest BCUT2D eigenvalue weighted by atomic mass is 10.1. The molecule has 0 aliphatic carbocycles. The molecule has 0 fully saturated rings. The van der Waals surface area contributed by atoms with Crippen LogP contribution in [0, 0.1) is 27.7 Å². The van der Waals surface area contributed by atoms with E-state index < -0.39 is 22.0 Å². The van der Waals surface area contributed by atoms with Crippen molar-refractivity contribution in [3.8, 4) is 5.75 Å².